The lowest BCUT2D eigenvalue weighted by Gasteiger charge is -2.26. The van der Waals surface area contributed by atoms with Crippen molar-refractivity contribution in [3.63, 3.8) is 0 Å². The van der Waals surface area contributed by atoms with Crippen LogP contribution >= 0.6 is 12.4 Å². The van der Waals surface area contributed by atoms with Gasteiger partial charge in [-0.1, -0.05) is 0 Å². The van der Waals surface area contributed by atoms with Gasteiger partial charge in [0.2, 0.25) is 5.91 Å². The van der Waals surface area contributed by atoms with Gasteiger partial charge in [-0.15, -0.1) is 12.4 Å². The standard InChI is InChI=1S/C6H14N2O3S.ClH/c1-6(2,12(3,10)11)4(7)5(8)9;/h4H,7H2,1-3H3,(H2,8,9);1H. The number of halogens is 1. The van der Waals surface area contributed by atoms with Crippen LogP contribution in [0.15, 0.2) is 0 Å². The van der Waals surface area contributed by atoms with Crippen molar-refractivity contribution in [1.82, 2.24) is 0 Å². The van der Waals surface area contributed by atoms with Crippen LogP contribution in [0.1, 0.15) is 13.8 Å². The maximum Gasteiger partial charge on any atom is 0.235 e. The van der Waals surface area contributed by atoms with Crippen molar-refractivity contribution in [2.45, 2.75) is 24.6 Å². The molecule has 0 rings (SSSR count). The summed E-state index contributed by atoms with van der Waals surface area (Å²) in [5.41, 5.74) is 10.2. The van der Waals surface area contributed by atoms with Crippen molar-refractivity contribution in [3.05, 3.63) is 0 Å². The van der Waals surface area contributed by atoms with Crippen LogP contribution in [0.25, 0.3) is 0 Å². The van der Waals surface area contributed by atoms with E-state index in [4.69, 9.17) is 11.5 Å². The highest BCUT2D eigenvalue weighted by molar-refractivity contribution is 7.92. The highest BCUT2D eigenvalue weighted by Gasteiger charge is 2.39. The maximum atomic E-state index is 11.1. The predicted octanol–water partition coefficient (Wildman–Crippen LogP) is -0.956. The normalized spacial score (nSPS) is 14.5. The molecule has 0 aromatic carbocycles. The largest absolute Gasteiger partial charge is 0.368 e. The number of hydrogen-bond donors (Lipinski definition) is 2. The van der Waals surface area contributed by atoms with E-state index in [1.807, 2.05) is 0 Å². The summed E-state index contributed by atoms with van der Waals surface area (Å²) in [7, 11) is -3.37. The fourth-order valence-corrected chi connectivity index (χ4v) is 1.15. The molecule has 0 saturated heterocycles. The Hall–Kier alpha value is -0.330. The van der Waals surface area contributed by atoms with Gasteiger partial charge in [0, 0.05) is 6.26 Å². The number of sulfone groups is 1. The molecule has 80 valence electrons. The Labute approximate surface area is 84.2 Å². The summed E-state index contributed by atoms with van der Waals surface area (Å²) in [6.45, 7) is 2.75. The van der Waals surface area contributed by atoms with Gasteiger partial charge in [0.1, 0.15) is 6.04 Å². The summed E-state index contributed by atoms with van der Waals surface area (Å²) in [6.07, 6.45) is 1.02. The lowest BCUT2D eigenvalue weighted by Crippen LogP contribution is -2.55. The van der Waals surface area contributed by atoms with Gasteiger partial charge in [-0.25, -0.2) is 8.42 Å². The molecular formula is C6H15ClN2O3S. The van der Waals surface area contributed by atoms with Gasteiger partial charge >= 0.3 is 0 Å². The molecule has 1 atom stereocenters. The molecule has 0 spiro atoms. The number of nitrogens with two attached hydrogens (primary N) is 2. The van der Waals surface area contributed by atoms with Gasteiger partial charge in [-0.3, -0.25) is 4.79 Å². The first-order chi connectivity index (χ1) is 5.10. The lowest BCUT2D eigenvalue weighted by atomic mass is 10.0. The van der Waals surface area contributed by atoms with Crippen molar-refractivity contribution in [1.29, 1.82) is 0 Å². The van der Waals surface area contributed by atoms with Crippen LogP contribution in [0.3, 0.4) is 0 Å². The number of hydrogen-bond acceptors (Lipinski definition) is 4. The first kappa shape index (κ1) is 15.2. The zero-order valence-electron chi connectivity index (χ0n) is 7.77. The second kappa shape index (κ2) is 4.26. The maximum absolute atomic E-state index is 11.1. The molecule has 0 saturated carbocycles. The summed E-state index contributed by atoms with van der Waals surface area (Å²) in [6, 6.07) is -1.17. The van der Waals surface area contributed by atoms with Gasteiger partial charge in [0.15, 0.2) is 9.84 Å². The van der Waals surface area contributed by atoms with E-state index in [0.717, 1.165) is 6.26 Å². The first-order valence-electron chi connectivity index (χ1n) is 3.35. The SMILES string of the molecule is CC(C)(C(N)C(N)=O)S(C)(=O)=O.Cl. The molecule has 0 aliphatic rings. The van der Waals surface area contributed by atoms with E-state index < -0.39 is 26.5 Å². The fraction of sp³-hybridized carbons (Fsp3) is 0.833. The minimum absolute atomic E-state index is 0. The zero-order chi connectivity index (χ0) is 10.2. The van der Waals surface area contributed by atoms with E-state index in [1.165, 1.54) is 13.8 Å². The summed E-state index contributed by atoms with van der Waals surface area (Å²) < 4.78 is 20.9. The summed E-state index contributed by atoms with van der Waals surface area (Å²) in [5.74, 6) is -0.814. The Morgan fingerprint density at radius 2 is 1.69 bits per heavy atom. The third kappa shape index (κ3) is 3.13. The van der Waals surface area contributed by atoms with E-state index in [-0.39, 0.29) is 12.4 Å². The van der Waals surface area contributed by atoms with Crippen molar-refractivity contribution in [2.75, 3.05) is 6.26 Å². The lowest BCUT2D eigenvalue weighted by molar-refractivity contribution is -0.119. The molecule has 7 heteroatoms. The second-order valence-electron chi connectivity index (χ2n) is 3.26. The van der Waals surface area contributed by atoms with Gasteiger partial charge < -0.3 is 11.5 Å². The van der Waals surface area contributed by atoms with Crippen LogP contribution in [0, 0.1) is 0 Å². The summed E-state index contributed by atoms with van der Waals surface area (Å²) in [4.78, 5) is 10.6. The van der Waals surface area contributed by atoms with E-state index in [9.17, 15) is 13.2 Å². The fourth-order valence-electron chi connectivity index (χ4n) is 0.573. The Balaban J connectivity index is 0. The average Bonchev–Trinajstić information content (AvgIpc) is 1.83. The minimum atomic E-state index is -3.37. The van der Waals surface area contributed by atoms with E-state index >= 15 is 0 Å². The third-order valence-electron chi connectivity index (χ3n) is 2.01. The van der Waals surface area contributed by atoms with Crippen molar-refractivity contribution in [2.24, 2.45) is 11.5 Å². The number of amides is 1. The molecule has 0 aliphatic carbocycles. The molecule has 0 aliphatic heterocycles. The molecule has 0 radical (unpaired) electrons. The molecule has 0 aromatic rings. The Kier molecular flexibility index (Phi) is 4.96. The van der Waals surface area contributed by atoms with Gasteiger partial charge in [-0.2, -0.15) is 0 Å². The summed E-state index contributed by atoms with van der Waals surface area (Å²) in [5, 5.41) is 0. The zero-order valence-corrected chi connectivity index (χ0v) is 9.41. The number of rotatable bonds is 3. The highest BCUT2D eigenvalue weighted by Crippen LogP contribution is 2.18. The highest BCUT2D eigenvalue weighted by atomic mass is 35.5. The molecule has 5 nitrogen and oxygen atoms in total. The topological polar surface area (TPSA) is 103 Å². The molecule has 0 bridgehead atoms. The Morgan fingerprint density at radius 3 is 1.77 bits per heavy atom. The molecule has 1 unspecified atom stereocenters. The number of carbonyl (C=O) groups is 1. The predicted molar refractivity (Wildman–Crippen MR) is 53.3 cm³/mol. The van der Waals surface area contributed by atoms with E-state index in [1.54, 1.807) is 0 Å². The minimum Gasteiger partial charge on any atom is -0.368 e. The van der Waals surface area contributed by atoms with Crippen LogP contribution in [-0.2, 0) is 14.6 Å². The average molecular weight is 231 g/mol. The van der Waals surface area contributed by atoms with Gasteiger partial charge in [-0.05, 0) is 13.8 Å². The van der Waals surface area contributed by atoms with Crippen molar-refractivity contribution in [3.8, 4) is 0 Å². The first-order valence-corrected chi connectivity index (χ1v) is 5.24. The van der Waals surface area contributed by atoms with Crippen molar-refractivity contribution >= 4 is 28.2 Å². The monoisotopic (exact) mass is 230 g/mol. The molecule has 4 N–H and O–H groups in total. The molecule has 1 amide bonds. The molecular weight excluding hydrogens is 216 g/mol. The van der Waals surface area contributed by atoms with Crippen LogP contribution in [0.5, 0.6) is 0 Å². The third-order valence-corrected chi connectivity index (χ3v) is 4.18. The van der Waals surface area contributed by atoms with E-state index in [0.29, 0.717) is 0 Å². The van der Waals surface area contributed by atoms with E-state index in [2.05, 4.69) is 0 Å². The molecule has 13 heavy (non-hydrogen) atoms. The molecule has 0 fully saturated rings. The number of primary amides is 1. The van der Waals surface area contributed by atoms with Crippen LogP contribution in [0.4, 0.5) is 0 Å². The number of carbonyl (C=O) groups excluding carboxylic acids is 1. The van der Waals surface area contributed by atoms with Crippen LogP contribution in [0.2, 0.25) is 0 Å². The second-order valence-corrected chi connectivity index (χ2v) is 5.85. The molecule has 0 aromatic heterocycles. The molecule has 0 heterocycles. The smallest absolute Gasteiger partial charge is 0.235 e. The van der Waals surface area contributed by atoms with Gasteiger partial charge in [0.25, 0.3) is 0 Å². The Morgan fingerprint density at radius 1 is 1.38 bits per heavy atom. The van der Waals surface area contributed by atoms with Gasteiger partial charge in [0.05, 0.1) is 4.75 Å². The summed E-state index contributed by atoms with van der Waals surface area (Å²) >= 11 is 0. The van der Waals surface area contributed by atoms with Crippen LogP contribution < -0.4 is 11.5 Å². The van der Waals surface area contributed by atoms with Crippen molar-refractivity contribution < 1.29 is 13.2 Å². The quantitative estimate of drug-likeness (QED) is 0.652. The Bertz CT molecular complexity index is 286. The van der Waals surface area contributed by atoms with Crippen LogP contribution in [-0.4, -0.2) is 31.4 Å².